The van der Waals surface area contributed by atoms with E-state index in [9.17, 15) is 18.3 Å². The summed E-state index contributed by atoms with van der Waals surface area (Å²) in [5.41, 5.74) is 2.22. The molecule has 3 rings (SSSR count). The van der Waals surface area contributed by atoms with Crippen molar-refractivity contribution in [2.24, 2.45) is 0 Å². The normalized spacial score (nSPS) is 14.6. The average Bonchev–Trinajstić information content (AvgIpc) is 2.97. The van der Waals surface area contributed by atoms with E-state index in [0.717, 1.165) is 42.1 Å². The fraction of sp³-hybridized carbons (Fsp3) is 0.368. The second-order valence-corrected chi connectivity index (χ2v) is 6.30. The maximum absolute atomic E-state index is 12.8. The molecule has 1 N–H and O–H groups in total. The van der Waals surface area contributed by atoms with E-state index in [4.69, 9.17) is 4.74 Å². The molecule has 0 spiro atoms. The number of phenols is 1. The lowest BCUT2D eigenvalue weighted by molar-refractivity contribution is -0.137. The van der Waals surface area contributed by atoms with Crippen LogP contribution < -0.4 is 4.74 Å². The molecule has 0 unspecified atom stereocenters. The molecule has 0 aromatic heterocycles. The molecule has 25 heavy (non-hydrogen) atoms. The van der Waals surface area contributed by atoms with Gasteiger partial charge in [-0.1, -0.05) is 12.1 Å². The summed E-state index contributed by atoms with van der Waals surface area (Å²) < 4.78 is 43.5. The predicted octanol–water partition coefficient (Wildman–Crippen LogP) is 4.37. The topological polar surface area (TPSA) is 32.7 Å². The molecule has 134 valence electrons. The average molecular weight is 351 g/mol. The van der Waals surface area contributed by atoms with Gasteiger partial charge >= 0.3 is 6.18 Å². The summed E-state index contributed by atoms with van der Waals surface area (Å²) in [5, 5.41) is 9.60. The van der Waals surface area contributed by atoms with Crippen molar-refractivity contribution in [1.82, 2.24) is 4.90 Å². The van der Waals surface area contributed by atoms with Gasteiger partial charge in [0.2, 0.25) is 0 Å². The molecule has 1 heterocycles. The van der Waals surface area contributed by atoms with Gasteiger partial charge in [0, 0.05) is 13.1 Å². The van der Waals surface area contributed by atoms with E-state index >= 15 is 0 Å². The van der Waals surface area contributed by atoms with E-state index < -0.39 is 11.7 Å². The molecular weight excluding hydrogens is 331 g/mol. The second-order valence-electron chi connectivity index (χ2n) is 6.30. The molecule has 0 radical (unpaired) electrons. The Balaban J connectivity index is 1.55. The minimum atomic E-state index is -4.29. The van der Waals surface area contributed by atoms with E-state index in [0.29, 0.717) is 18.8 Å². The molecule has 0 aliphatic carbocycles. The van der Waals surface area contributed by atoms with Crippen LogP contribution in [-0.2, 0) is 25.7 Å². The zero-order chi connectivity index (χ0) is 18.0. The van der Waals surface area contributed by atoms with Gasteiger partial charge in [-0.2, -0.15) is 13.2 Å². The number of aromatic hydroxyl groups is 1. The number of benzene rings is 2. The molecule has 1 aliphatic heterocycles. The molecule has 2 aromatic carbocycles. The van der Waals surface area contributed by atoms with Crippen molar-refractivity contribution in [2.45, 2.75) is 32.1 Å². The quantitative estimate of drug-likeness (QED) is 0.868. The zero-order valence-corrected chi connectivity index (χ0v) is 13.9. The van der Waals surface area contributed by atoms with Crippen molar-refractivity contribution in [3.05, 3.63) is 58.7 Å². The van der Waals surface area contributed by atoms with Gasteiger partial charge in [0.25, 0.3) is 0 Å². The molecule has 0 bridgehead atoms. The van der Waals surface area contributed by atoms with Gasteiger partial charge in [0.1, 0.15) is 0 Å². The third-order valence-corrected chi connectivity index (χ3v) is 4.51. The van der Waals surface area contributed by atoms with Crippen LogP contribution in [0.3, 0.4) is 0 Å². The van der Waals surface area contributed by atoms with Crippen molar-refractivity contribution in [1.29, 1.82) is 0 Å². The molecule has 1 aliphatic rings. The number of halogens is 3. The SMILES string of the molecule is COc1cc(CCCN2Cc3ccc(C(F)(F)F)cc3C2)ccc1O. The summed E-state index contributed by atoms with van der Waals surface area (Å²) in [6, 6.07) is 9.28. The van der Waals surface area contributed by atoms with Gasteiger partial charge in [-0.05, 0) is 60.3 Å². The number of nitrogens with zero attached hydrogens (tertiary/aromatic N) is 1. The molecule has 0 saturated carbocycles. The van der Waals surface area contributed by atoms with E-state index in [1.165, 1.54) is 13.2 Å². The first-order valence-electron chi connectivity index (χ1n) is 8.14. The molecular formula is C19H20F3NO2. The van der Waals surface area contributed by atoms with Crippen LogP contribution in [0.4, 0.5) is 13.2 Å². The largest absolute Gasteiger partial charge is 0.504 e. The number of methoxy groups -OCH3 is 1. The Hall–Kier alpha value is -2.21. The van der Waals surface area contributed by atoms with Crippen molar-refractivity contribution in [3.8, 4) is 11.5 Å². The summed E-state index contributed by atoms with van der Waals surface area (Å²) >= 11 is 0. The lowest BCUT2D eigenvalue weighted by Gasteiger charge is -2.14. The maximum atomic E-state index is 12.8. The number of hydrogen-bond acceptors (Lipinski definition) is 3. The van der Waals surface area contributed by atoms with Crippen molar-refractivity contribution < 1.29 is 23.0 Å². The summed E-state index contributed by atoms with van der Waals surface area (Å²) in [7, 11) is 1.51. The summed E-state index contributed by atoms with van der Waals surface area (Å²) in [5.74, 6) is 0.562. The Kier molecular flexibility index (Phi) is 4.90. The van der Waals surface area contributed by atoms with Gasteiger partial charge in [-0.15, -0.1) is 0 Å². The lowest BCUT2D eigenvalue weighted by atomic mass is 10.1. The Morgan fingerprint density at radius 3 is 2.56 bits per heavy atom. The predicted molar refractivity (Wildman–Crippen MR) is 88.5 cm³/mol. The molecule has 0 fully saturated rings. The molecule has 0 atom stereocenters. The monoisotopic (exact) mass is 351 g/mol. The minimum Gasteiger partial charge on any atom is -0.504 e. The van der Waals surface area contributed by atoms with Crippen LogP contribution in [0.15, 0.2) is 36.4 Å². The van der Waals surface area contributed by atoms with Gasteiger partial charge < -0.3 is 9.84 Å². The number of ether oxygens (including phenoxy) is 1. The summed E-state index contributed by atoms with van der Waals surface area (Å²) in [4.78, 5) is 2.16. The van der Waals surface area contributed by atoms with Crippen LogP contribution in [0, 0.1) is 0 Å². The molecule has 2 aromatic rings. The fourth-order valence-electron chi connectivity index (χ4n) is 3.18. The van der Waals surface area contributed by atoms with Gasteiger partial charge in [0.15, 0.2) is 11.5 Å². The number of aryl methyl sites for hydroxylation is 1. The Morgan fingerprint density at radius 2 is 1.84 bits per heavy atom. The number of phenolic OH excluding ortho intramolecular Hbond substituents is 1. The minimum absolute atomic E-state index is 0.113. The smallest absolute Gasteiger partial charge is 0.416 e. The van der Waals surface area contributed by atoms with E-state index in [-0.39, 0.29) is 5.75 Å². The van der Waals surface area contributed by atoms with E-state index in [1.54, 1.807) is 12.1 Å². The summed E-state index contributed by atoms with van der Waals surface area (Å²) in [6.45, 7) is 2.05. The highest BCUT2D eigenvalue weighted by molar-refractivity contribution is 5.41. The van der Waals surface area contributed by atoms with Crippen LogP contribution >= 0.6 is 0 Å². The lowest BCUT2D eigenvalue weighted by Crippen LogP contribution is -2.18. The van der Waals surface area contributed by atoms with Crippen molar-refractivity contribution >= 4 is 0 Å². The summed E-state index contributed by atoms with van der Waals surface area (Å²) in [6.07, 6.45) is -2.59. The molecule has 3 nitrogen and oxygen atoms in total. The van der Waals surface area contributed by atoms with Crippen LogP contribution in [0.25, 0.3) is 0 Å². The van der Waals surface area contributed by atoms with Crippen LogP contribution in [0.2, 0.25) is 0 Å². The third-order valence-electron chi connectivity index (χ3n) is 4.51. The highest BCUT2D eigenvalue weighted by Gasteiger charge is 2.32. The third kappa shape index (κ3) is 4.07. The van der Waals surface area contributed by atoms with Gasteiger partial charge in [-0.25, -0.2) is 0 Å². The first kappa shape index (κ1) is 17.6. The Bertz CT molecular complexity index is 759. The van der Waals surface area contributed by atoms with Crippen molar-refractivity contribution in [3.63, 3.8) is 0 Å². The maximum Gasteiger partial charge on any atom is 0.416 e. The second kappa shape index (κ2) is 6.96. The van der Waals surface area contributed by atoms with Crippen LogP contribution in [0.1, 0.15) is 28.7 Å². The Morgan fingerprint density at radius 1 is 1.08 bits per heavy atom. The number of hydrogen-bond donors (Lipinski definition) is 1. The first-order chi connectivity index (χ1) is 11.9. The zero-order valence-electron chi connectivity index (χ0n) is 13.9. The van der Waals surface area contributed by atoms with Crippen LogP contribution in [0.5, 0.6) is 11.5 Å². The van der Waals surface area contributed by atoms with Gasteiger partial charge in [0.05, 0.1) is 12.7 Å². The standard InChI is InChI=1S/C19H20F3NO2/c1-25-18-9-13(4-7-17(18)24)3-2-8-23-11-14-5-6-16(19(20,21)22)10-15(14)12-23/h4-7,9-10,24H,2-3,8,11-12H2,1H3. The van der Waals surface area contributed by atoms with E-state index in [1.807, 2.05) is 12.1 Å². The highest BCUT2D eigenvalue weighted by Crippen LogP contribution is 2.33. The number of fused-ring (bicyclic) bond motifs is 1. The molecule has 0 saturated heterocycles. The highest BCUT2D eigenvalue weighted by atomic mass is 19.4. The fourth-order valence-corrected chi connectivity index (χ4v) is 3.18. The Labute approximate surface area is 144 Å². The van der Waals surface area contributed by atoms with E-state index in [2.05, 4.69) is 4.90 Å². The molecule has 6 heteroatoms. The number of rotatable bonds is 5. The van der Waals surface area contributed by atoms with Crippen LogP contribution in [-0.4, -0.2) is 23.7 Å². The molecule has 0 amide bonds. The van der Waals surface area contributed by atoms with Gasteiger partial charge in [-0.3, -0.25) is 4.90 Å². The first-order valence-corrected chi connectivity index (χ1v) is 8.14. The number of alkyl halides is 3. The van der Waals surface area contributed by atoms with Crippen molar-refractivity contribution in [2.75, 3.05) is 13.7 Å².